The Kier molecular flexibility index (Phi) is 4.60. The molecular formula is C19H16N6O2. The first-order valence-electron chi connectivity index (χ1n) is 8.30. The fourth-order valence-electron chi connectivity index (χ4n) is 2.47. The van der Waals surface area contributed by atoms with E-state index in [1.54, 1.807) is 47.6 Å². The lowest BCUT2D eigenvalue weighted by Gasteiger charge is -2.10. The van der Waals surface area contributed by atoms with E-state index in [1.807, 2.05) is 30.3 Å². The predicted octanol–water partition coefficient (Wildman–Crippen LogP) is 3.24. The van der Waals surface area contributed by atoms with Gasteiger partial charge >= 0.3 is 6.03 Å². The second kappa shape index (κ2) is 7.52. The average Bonchev–Trinajstić information content (AvgIpc) is 3.41. The number of furan rings is 1. The molecule has 2 N–H and O–H groups in total. The fraction of sp³-hybridized carbons (Fsp3) is 0.0526. The summed E-state index contributed by atoms with van der Waals surface area (Å²) in [7, 11) is 0. The van der Waals surface area contributed by atoms with Gasteiger partial charge in [-0.3, -0.25) is 5.32 Å². The molecule has 8 heteroatoms. The number of nitrogens with one attached hydrogen (secondary N) is 2. The van der Waals surface area contributed by atoms with Crippen molar-refractivity contribution < 1.29 is 9.21 Å². The molecule has 134 valence electrons. The second-order valence-corrected chi connectivity index (χ2v) is 5.66. The number of hydrogen-bond acceptors (Lipinski definition) is 5. The summed E-state index contributed by atoms with van der Waals surface area (Å²) in [6.07, 6.45) is 4.95. The van der Waals surface area contributed by atoms with Gasteiger partial charge in [0.25, 0.3) is 0 Å². The molecule has 0 aliphatic carbocycles. The summed E-state index contributed by atoms with van der Waals surface area (Å²) < 4.78 is 6.96. The molecule has 0 aliphatic rings. The first kappa shape index (κ1) is 16.5. The van der Waals surface area contributed by atoms with Crippen LogP contribution in [0.5, 0.6) is 0 Å². The Morgan fingerprint density at radius 1 is 1.07 bits per heavy atom. The first-order chi connectivity index (χ1) is 13.3. The molecule has 0 fully saturated rings. The Hall–Kier alpha value is -3.94. The predicted molar refractivity (Wildman–Crippen MR) is 99.2 cm³/mol. The highest BCUT2D eigenvalue weighted by Gasteiger charge is 2.12. The number of carbonyl (C=O) groups excluding carboxylic acids is 1. The maximum Gasteiger partial charge on any atom is 0.320 e. The normalized spacial score (nSPS) is 10.5. The molecule has 0 radical (unpaired) electrons. The van der Waals surface area contributed by atoms with Gasteiger partial charge in [-0.25, -0.2) is 19.4 Å². The highest BCUT2D eigenvalue weighted by Crippen LogP contribution is 2.20. The number of urea groups is 1. The molecule has 0 atom stereocenters. The first-order valence-corrected chi connectivity index (χ1v) is 8.30. The van der Waals surface area contributed by atoms with Crippen molar-refractivity contribution in [1.82, 2.24) is 25.1 Å². The van der Waals surface area contributed by atoms with Crippen LogP contribution in [0.15, 0.2) is 77.7 Å². The van der Waals surface area contributed by atoms with Crippen LogP contribution < -0.4 is 10.6 Å². The van der Waals surface area contributed by atoms with Crippen LogP contribution in [0.1, 0.15) is 5.56 Å². The summed E-state index contributed by atoms with van der Waals surface area (Å²) in [4.78, 5) is 21.1. The lowest BCUT2D eigenvalue weighted by Crippen LogP contribution is -2.28. The maximum absolute atomic E-state index is 12.3. The van der Waals surface area contributed by atoms with Crippen LogP contribution in [0.2, 0.25) is 0 Å². The lowest BCUT2D eigenvalue weighted by atomic mass is 10.2. The minimum absolute atomic E-state index is 0.340. The largest absolute Gasteiger partial charge is 0.461 e. The van der Waals surface area contributed by atoms with Gasteiger partial charge in [0, 0.05) is 25.0 Å². The monoisotopic (exact) mass is 360 g/mol. The van der Waals surface area contributed by atoms with Crippen molar-refractivity contribution in [3.8, 4) is 17.4 Å². The van der Waals surface area contributed by atoms with Gasteiger partial charge < -0.3 is 9.73 Å². The van der Waals surface area contributed by atoms with E-state index in [-0.39, 0.29) is 6.03 Å². The standard InChI is InChI=1S/C19H16N6O2/c26-19(20-13-14-6-2-1-3-7-14)23-16-12-17(25-10-5-9-21-25)24-18(22-16)15-8-4-11-27-15/h1-12H,13H2,(H2,20,22,23,24,26). The van der Waals surface area contributed by atoms with E-state index in [4.69, 9.17) is 4.42 Å². The van der Waals surface area contributed by atoms with E-state index < -0.39 is 0 Å². The molecular weight excluding hydrogens is 344 g/mol. The van der Waals surface area contributed by atoms with Crippen LogP contribution in [0.4, 0.5) is 10.6 Å². The van der Waals surface area contributed by atoms with E-state index in [0.717, 1.165) is 5.56 Å². The van der Waals surface area contributed by atoms with Crippen molar-refractivity contribution in [3.05, 3.63) is 78.8 Å². The van der Waals surface area contributed by atoms with Crippen LogP contribution >= 0.6 is 0 Å². The molecule has 8 nitrogen and oxygen atoms in total. The molecule has 0 spiro atoms. The summed E-state index contributed by atoms with van der Waals surface area (Å²) in [5.41, 5.74) is 1.00. The number of hydrogen-bond donors (Lipinski definition) is 2. The third kappa shape index (κ3) is 4.01. The topological polar surface area (TPSA) is 97.9 Å². The Bertz CT molecular complexity index is 961. The Balaban J connectivity index is 1.55. The van der Waals surface area contributed by atoms with Gasteiger partial charge in [0.05, 0.1) is 6.26 Å². The highest BCUT2D eigenvalue weighted by molar-refractivity contribution is 5.88. The average molecular weight is 360 g/mol. The number of amides is 2. The molecule has 0 saturated heterocycles. The molecule has 27 heavy (non-hydrogen) atoms. The van der Waals surface area contributed by atoms with Crippen LogP contribution in [0, 0.1) is 0 Å². The summed E-state index contributed by atoms with van der Waals surface area (Å²) in [5, 5.41) is 9.71. The second-order valence-electron chi connectivity index (χ2n) is 5.66. The van der Waals surface area contributed by atoms with Gasteiger partial charge in [-0.15, -0.1) is 0 Å². The fourth-order valence-corrected chi connectivity index (χ4v) is 2.47. The van der Waals surface area contributed by atoms with E-state index in [2.05, 4.69) is 25.7 Å². The van der Waals surface area contributed by atoms with Gasteiger partial charge in [-0.05, 0) is 23.8 Å². The maximum atomic E-state index is 12.3. The van der Waals surface area contributed by atoms with Crippen molar-refractivity contribution in [1.29, 1.82) is 0 Å². The summed E-state index contributed by atoms with van der Waals surface area (Å²) >= 11 is 0. The minimum atomic E-state index is -0.366. The highest BCUT2D eigenvalue weighted by atomic mass is 16.3. The van der Waals surface area contributed by atoms with Crippen molar-refractivity contribution in [2.45, 2.75) is 6.54 Å². The number of rotatable bonds is 5. The van der Waals surface area contributed by atoms with Gasteiger partial charge in [0.15, 0.2) is 17.4 Å². The molecule has 2 amide bonds. The zero-order chi connectivity index (χ0) is 18.5. The molecule has 1 aromatic carbocycles. The molecule has 0 bridgehead atoms. The third-order valence-electron chi connectivity index (χ3n) is 3.73. The number of aromatic nitrogens is 4. The molecule has 0 saturated carbocycles. The molecule has 3 aromatic heterocycles. The molecule has 4 aromatic rings. The summed E-state index contributed by atoms with van der Waals surface area (Å²) in [6, 6.07) is 16.2. The Morgan fingerprint density at radius 3 is 2.70 bits per heavy atom. The minimum Gasteiger partial charge on any atom is -0.461 e. The SMILES string of the molecule is O=C(NCc1ccccc1)Nc1cc(-n2cccn2)nc(-c2ccco2)n1. The van der Waals surface area contributed by atoms with Crippen LogP contribution in [-0.4, -0.2) is 25.8 Å². The van der Waals surface area contributed by atoms with Crippen molar-refractivity contribution in [3.63, 3.8) is 0 Å². The van der Waals surface area contributed by atoms with Crippen LogP contribution in [-0.2, 0) is 6.54 Å². The van der Waals surface area contributed by atoms with Crippen molar-refractivity contribution in [2.75, 3.05) is 5.32 Å². The van der Waals surface area contributed by atoms with Gasteiger partial charge in [0.1, 0.15) is 5.82 Å². The quantitative estimate of drug-likeness (QED) is 0.569. The van der Waals surface area contributed by atoms with Crippen molar-refractivity contribution in [2.24, 2.45) is 0 Å². The van der Waals surface area contributed by atoms with E-state index >= 15 is 0 Å². The van der Waals surface area contributed by atoms with E-state index in [1.165, 1.54) is 0 Å². The number of benzene rings is 1. The molecule has 4 rings (SSSR count). The van der Waals surface area contributed by atoms with Crippen LogP contribution in [0.25, 0.3) is 17.4 Å². The van der Waals surface area contributed by atoms with Gasteiger partial charge in [-0.1, -0.05) is 30.3 Å². The van der Waals surface area contributed by atoms with Crippen molar-refractivity contribution >= 4 is 11.8 Å². The zero-order valence-corrected chi connectivity index (χ0v) is 14.2. The zero-order valence-electron chi connectivity index (χ0n) is 14.2. The lowest BCUT2D eigenvalue weighted by molar-refractivity contribution is 0.251. The summed E-state index contributed by atoms with van der Waals surface area (Å²) in [6.45, 7) is 0.412. The molecule has 3 heterocycles. The Morgan fingerprint density at radius 2 is 1.96 bits per heavy atom. The number of anilines is 1. The van der Waals surface area contributed by atoms with Gasteiger partial charge in [0.2, 0.25) is 0 Å². The molecule has 0 aliphatic heterocycles. The van der Waals surface area contributed by atoms with Gasteiger partial charge in [-0.2, -0.15) is 5.10 Å². The molecule has 0 unspecified atom stereocenters. The Labute approximate surface area is 154 Å². The van der Waals surface area contributed by atoms with Crippen LogP contribution in [0.3, 0.4) is 0 Å². The summed E-state index contributed by atoms with van der Waals surface area (Å²) in [5.74, 6) is 1.70. The third-order valence-corrected chi connectivity index (χ3v) is 3.73. The van der Waals surface area contributed by atoms with E-state index in [0.29, 0.717) is 29.8 Å². The number of carbonyl (C=O) groups is 1. The number of nitrogens with zero attached hydrogens (tertiary/aromatic N) is 4. The smallest absolute Gasteiger partial charge is 0.320 e. The van der Waals surface area contributed by atoms with E-state index in [9.17, 15) is 4.79 Å².